The highest BCUT2D eigenvalue weighted by Crippen LogP contribution is 2.39. The Morgan fingerprint density at radius 1 is 1.18 bits per heavy atom. The first-order valence-electron chi connectivity index (χ1n) is 9.34. The highest BCUT2D eigenvalue weighted by molar-refractivity contribution is 7.12. The van der Waals surface area contributed by atoms with E-state index in [1.807, 2.05) is 52.8 Å². The van der Waals surface area contributed by atoms with Crippen molar-refractivity contribution in [2.24, 2.45) is 0 Å². The van der Waals surface area contributed by atoms with E-state index >= 15 is 0 Å². The molecule has 3 heterocycles. The molecule has 1 aromatic carbocycles. The molecule has 6 heteroatoms. The Labute approximate surface area is 168 Å². The summed E-state index contributed by atoms with van der Waals surface area (Å²) in [7, 11) is 0. The monoisotopic (exact) mass is 393 g/mol. The zero-order valence-corrected chi connectivity index (χ0v) is 17.5. The summed E-state index contributed by atoms with van der Waals surface area (Å²) in [5.74, 6) is -0.0396. The molecule has 0 radical (unpaired) electrons. The molecule has 2 aromatic heterocycles. The van der Waals surface area contributed by atoms with Crippen LogP contribution in [0.25, 0.3) is 5.69 Å². The number of ketones is 1. The van der Waals surface area contributed by atoms with Crippen LogP contribution in [0.1, 0.15) is 54.8 Å². The average Bonchev–Trinajstić information content (AvgIpc) is 3.12. The minimum atomic E-state index is -0.504. The fourth-order valence-corrected chi connectivity index (χ4v) is 4.98. The van der Waals surface area contributed by atoms with Gasteiger partial charge in [0.15, 0.2) is 5.78 Å². The van der Waals surface area contributed by atoms with Crippen molar-refractivity contribution in [3.8, 4) is 5.69 Å². The molecule has 1 aliphatic rings. The number of carbonyl (C=O) groups excluding carboxylic acids is 2. The molecule has 0 spiro atoms. The lowest BCUT2D eigenvalue weighted by molar-refractivity contribution is -0.116. The van der Waals surface area contributed by atoms with Gasteiger partial charge in [0, 0.05) is 27.3 Å². The van der Waals surface area contributed by atoms with Gasteiger partial charge in [0.25, 0.3) is 0 Å². The second-order valence-electron chi connectivity index (χ2n) is 7.55. The molecule has 0 unspecified atom stereocenters. The number of amides is 1. The molecule has 0 saturated heterocycles. The van der Waals surface area contributed by atoms with E-state index in [2.05, 4.69) is 11.4 Å². The standard InChI is InChI=1S/C22H23N3O2S/c1-11-6-7-18(12(2)8-11)25-22-20(14(4)24-25)17(10-19(26)23-22)21(27)16-9-13(3)28-15(16)5/h6-9,17H,10H2,1-5H3,(H,23,26)/t17-/m0/s1. The molecule has 3 aromatic rings. The third-order valence-corrected chi connectivity index (χ3v) is 6.27. The molecule has 0 bridgehead atoms. The van der Waals surface area contributed by atoms with Gasteiger partial charge in [-0.1, -0.05) is 17.7 Å². The number of carbonyl (C=O) groups is 2. The van der Waals surface area contributed by atoms with Crippen LogP contribution in [0.2, 0.25) is 0 Å². The molecule has 1 N–H and O–H groups in total. The molecule has 1 atom stereocenters. The number of aryl methyl sites for hydroxylation is 5. The Hall–Kier alpha value is -2.73. The molecule has 0 fully saturated rings. The van der Waals surface area contributed by atoms with Crippen LogP contribution >= 0.6 is 11.3 Å². The van der Waals surface area contributed by atoms with Crippen molar-refractivity contribution in [1.29, 1.82) is 0 Å². The molecule has 4 rings (SSSR count). The summed E-state index contributed by atoms with van der Waals surface area (Å²) < 4.78 is 1.77. The first kappa shape index (κ1) is 18.6. The van der Waals surface area contributed by atoms with Gasteiger partial charge in [-0.3, -0.25) is 9.59 Å². The Bertz CT molecular complexity index is 1120. The second-order valence-corrected chi connectivity index (χ2v) is 9.01. The number of fused-ring (bicyclic) bond motifs is 1. The summed E-state index contributed by atoms with van der Waals surface area (Å²) in [5, 5.41) is 7.65. The van der Waals surface area contributed by atoms with Crippen molar-refractivity contribution in [3.05, 3.63) is 62.0 Å². The number of nitrogens with one attached hydrogen (secondary N) is 1. The normalized spacial score (nSPS) is 16.0. The Morgan fingerprint density at radius 2 is 1.93 bits per heavy atom. The highest BCUT2D eigenvalue weighted by atomic mass is 32.1. The van der Waals surface area contributed by atoms with Crippen molar-refractivity contribution in [2.75, 3.05) is 5.32 Å². The van der Waals surface area contributed by atoms with E-state index in [9.17, 15) is 9.59 Å². The average molecular weight is 394 g/mol. The van der Waals surface area contributed by atoms with Gasteiger partial charge in [-0.05, 0) is 52.3 Å². The second kappa shape index (κ2) is 6.71. The largest absolute Gasteiger partial charge is 0.310 e. The first-order chi connectivity index (χ1) is 13.3. The maximum absolute atomic E-state index is 13.3. The summed E-state index contributed by atoms with van der Waals surface area (Å²) in [6, 6.07) is 8.04. The highest BCUT2D eigenvalue weighted by Gasteiger charge is 2.37. The van der Waals surface area contributed by atoms with Crippen molar-refractivity contribution >= 4 is 28.8 Å². The Balaban J connectivity index is 1.86. The zero-order chi connectivity index (χ0) is 20.2. The summed E-state index contributed by atoms with van der Waals surface area (Å²) in [6.45, 7) is 9.93. The van der Waals surface area contributed by atoms with Crippen LogP contribution in [-0.2, 0) is 4.79 Å². The van der Waals surface area contributed by atoms with Gasteiger partial charge in [0.1, 0.15) is 5.82 Å². The minimum absolute atomic E-state index is 0.00114. The summed E-state index contributed by atoms with van der Waals surface area (Å²) in [5.41, 5.74) is 5.46. The van der Waals surface area contributed by atoms with Crippen molar-refractivity contribution in [2.45, 2.75) is 47.0 Å². The van der Waals surface area contributed by atoms with Gasteiger partial charge in [0.05, 0.1) is 17.3 Å². The number of rotatable bonds is 3. The van der Waals surface area contributed by atoms with Crippen LogP contribution in [0.5, 0.6) is 0 Å². The predicted molar refractivity (Wildman–Crippen MR) is 112 cm³/mol. The molecule has 28 heavy (non-hydrogen) atoms. The lowest BCUT2D eigenvalue weighted by Gasteiger charge is -2.23. The predicted octanol–water partition coefficient (Wildman–Crippen LogP) is 4.78. The smallest absolute Gasteiger partial charge is 0.226 e. The first-order valence-corrected chi connectivity index (χ1v) is 10.2. The summed E-state index contributed by atoms with van der Waals surface area (Å²) >= 11 is 1.61. The number of hydrogen-bond donors (Lipinski definition) is 1. The third kappa shape index (κ3) is 2.98. The van der Waals surface area contributed by atoms with E-state index < -0.39 is 5.92 Å². The number of nitrogens with zero attached hydrogens (tertiary/aromatic N) is 2. The van der Waals surface area contributed by atoms with Crippen LogP contribution in [-0.4, -0.2) is 21.5 Å². The van der Waals surface area contributed by atoms with Crippen molar-refractivity contribution in [3.63, 3.8) is 0 Å². The van der Waals surface area contributed by atoms with E-state index in [0.29, 0.717) is 11.4 Å². The fourth-order valence-electron chi connectivity index (χ4n) is 4.05. The molecule has 0 saturated carbocycles. The van der Waals surface area contributed by atoms with Crippen LogP contribution in [0.15, 0.2) is 24.3 Å². The van der Waals surface area contributed by atoms with E-state index in [1.54, 1.807) is 16.0 Å². The molecule has 5 nitrogen and oxygen atoms in total. The van der Waals surface area contributed by atoms with Gasteiger partial charge in [-0.2, -0.15) is 5.10 Å². The third-order valence-electron chi connectivity index (χ3n) is 5.31. The number of hydrogen-bond acceptors (Lipinski definition) is 4. The SMILES string of the molecule is Cc1ccc(-n2nc(C)c3c2NC(=O)C[C@@H]3C(=O)c2cc(C)sc2C)c(C)c1. The van der Waals surface area contributed by atoms with E-state index in [4.69, 9.17) is 5.10 Å². The number of thiophene rings is 1. The summed E-state index contributed by atoms with van der Waals surface area (Å²) in [4.78, 5) is 27.9. The number of anilines is 1. The maximum Gasteiger partial charge on any atom is 0.226 e. The van der Waals surface area contributed by atoms with Crippen molar-refractivity contribution in [1.82, 2.24) is 9.78 Å². The number of Topliss-reactive ketones (excluding diaryl/α,β-unsaturated/α-hetero) is 1. The van der Waals surface area contributed by atoms with Gasteiger partial charge < -0.3 is 5.32 Å². The molecule has 144 valence electrons. The lowest BCUT2D eigenvalue weighted by Crippen LogP contribution is -2.28. The molecule has 1 aliphatic heterocycles. The quantitative estimate of drug-likeness (QED) is 0.651. The van der Waals surface area contributed by atoms with E-state index in [-0.39, 0.29) is 18.1 Å². The zero-order valence-electron chi connectivity index (χ0n) is 16.7. The molecule has 0 aliphatic carbocycles. The van der Waals surface area contributed by atoms with Crippen LogP contribution < -0.4 is 5.32 Å². The van der Waals surface area contributed by atoms with Gasteiger partial charge in [-0.15, -0.1) is 11.3 Å². The Morgan fingerprint density at radius 3 is 2.57 bits per heavy atom. The summed E-state index contributed by atoms with van der Waals surface area (Å²) in [6.07, 6.45) is 0.152. The van der Waals surface area contributed by atoms with Crippen molar-refractivity contribution < 1.29 is 9.59 Å². The number of benzene rings is 1. The van der Waals surface area contributed by atoms with Crippen LogP contribution in [0.4, 0.5) is 5.82 Å². The van der Waals surface area contributed by atoms with Crippen LogP contribution in [0.3, 0.4) is 0 Å². The fraction of sp³-hybridized carbons (Fsp3) is 0.318. The van der Waals surface area contributed by atoms with E-state index in [1.165, 1.54) is 5.56 Å². The molecular weight excluding hydrogens is 370 g/mol. The molecular formula is C22H23N3O2S. The lowest BCUT2D eigenvalue weighted by atomic mass is 9.85. The molecule has 1 amide bonds. The van der Waals surface area contributed by atoms with E-state index in [0.717, 1.165) is 32.3 Å². The minimum Gasteiger partial charge on any atom is -0.310 e. The van der Waals surface area contributed by atoms with Gasteiger partial charge in [-0.25, -0.2) is 4.68 Å². The Kier molecular flexibility index (Phi) is 4.46. The maximum atomic E-state index is 13.3. The van der Waals surface area contributed by atoms with Gasteiger partial charge >= 0.3 is 0 Å². The number of aromatic nitrogens is 2. The topological polar surface area (TPSA) is 64.0 Å². The van der Waals surface area contributed by atoms with Gasteiger partial charge in [0.2, 0.25) is 5.91 Å². The van der Waals surface area contributed by atoms with Crippen LogP contribution in [0, 0.1) is 34.6 Å².